The lowest BCUT2D eigenvalue weighted by molar-refractivity contribution is 0.626. The van der Waals surface area contributed by atoms with Crippen molar-refractivity contribution >= 4 is 11.4 Å². The molecule has 0 fully saturated rings. The third kappa shape index (κ3) is 3.76. The average molecular weight is 220 g/mol. The molecule has 0 aliphatic heterocycles. The molecule has 0 aromatic heterocycles. The van der Waals surface area contributed by atoms with Gasteiger partial charge in [0.05, 0.1) is 0 Å². The number of nitrogens with zero attached hydrogens (tertiary/aromatic N) is 1. The zero-order valence-corrected chi connectivity index (χ0v) is 10.7. The number of anilines is 2. The third-order valence-electron chi connectivity index (χ3n) is 2.85. The highest BCUT2D eigenvalue weighted by molar-refractivity contribution is 5.53. The van der Waals surface area contributed by atoms with Crippen LogP contribution in [0.5, 0.6) is 0 Å². The lowest BCUT2D eigenvalue weighted by Gasteiger charge is -2.29. The van der Waals surface area contributed by atoms with Crippen molar-refractivity contribution in [3.63, 3.8) is 0 Å². The summed E-state index contributed by atoms with van der Waals surface area (Å²) >= 11 is 0. The van der Waals surface area contributed by atoms with Crippen molar-refractivity contribution in [3.8, 4) is 0 Å². The molecular weight excluding hydrogens is 196 g/mol. The van der Waals surface area contributed by atoms with E-state index in [-0.39, 0.29) is 0 Å². The van der Waals surface area contributed by atoms with E-state index in [1.807, 2.05) is 12.1 Å². The fraction of sp³-hybridized carbons (Fsp3) is 0.571. The van der Waals surface area contributed by atoms with Crippen LogP contribution in [0.4, 0.5) is 11.4 Å². The van der Waals surface area contributed by atoms with E-state index < -0.39 is 0 Å². The topological polar surface area (TPSA) is 29.3 Å². The van der Waals surface area contributed by atoms with Gasteiger partial charge in [-0.3, -0.25) is 0 Å². The molecule has 0 unspecified atom stereocenters. The van der Waals surface area contributed by atoms with Crippen LogP contribution in [0.25, 0.3) is 0 Å². The monoisotopic (exact) mass is 220 g/mol. The van der Waals surface area contributed by atoms with Crippen LogP contribution >= 0.6 is 0 Å². The molecule has 0 saturated carbocycles. The highest BCUT2D eigenvalue weighted by atomic mass is 15.1. The van der Waals surface area contributed by atoms with Crippen molar-refractivity contribution in [2.24, 2.45) is 0 Å². The summed E-state index contributed by atoms with van der Waals surface area (Å²) in [6.45, 7) is 7.85. The first kappa shape index (κ1) is 12.9. The minimum atomic E-state index is 0.542. The van der Waals surface area contributed by atoms with Gasteiger partial charge in [-0.25, -0.2) is 0 Å². The van der Waals surface area contributed by atoms with Gasteiger partial charge in [0.15, 0.2) is 0 Å². The maximum Gasteiger partial charge on any atom is 0.0370 e. The number of hydrogen-bond donors (Lipinski definition) is 1. The number of benzene rings is 1. The van der Waals surface area contributed by atoms with Gasteiger partial charge in [-0.05, 0) is 44.5 Å². The standard InChI is InChI=1S/C14H24N2/c1-4-5-6-11-16(12(2)3)14-9-7-13(15)8-10-14/h7-10,12H,4-6,11,15H2,1-3H3. The minimum Gasteiger partial charge on any atom is -0.399 e. The summed E-state index contributed by atoms with van der Waals surface area (Å²) in [5.41, 5.74) is 7.82. The number of hydrogen-bond acceptors (Lipinski definition) is 2. The van der Waals surface area contributed by atoms with E-state index in [4.69, 9.17) is 5.73 Å². The second-order valence-electron chi connectivity index (χ2n) is 4.59. The van der Waals surface area contributed by atoms with Gasteiger partial charge in [0.2, 0.25) is 0 Å². The molecule has 0 atom stereocenters. The van der Waals surface area contributed by atoms with Gasteiger partial charge in [-0.15, -0.1) is 0 Å². The molecule has 0 heterocycles. The Balaban J connectivity index is 2.65. The Hall–Kier alpha value is -1.18. The van der Waals surface area contributed by atoms with Crippen LogP contribution in [0.2, 0.25) is 0 Å². The zero-order chi connectivity index (χ0) is 12.0. The van der Waals surface area contributed by atoms with Crippen LogP contribution in [-0.2, 0) is 0 Å². The second-order valence-corrected chi connectivity index (χ2v) is 4.59. The van der Waals surface area contributed by atoms with E-state index in [0.29, 0.717) is 6.04 Å². The van der Waals surface area contributed by atoms with Crippen molar-refractivity contribution < 1.29 is 0 Å². The van der Waals surface area contributed by atoms with Gasteiger partial charge in [-0.2, -0.15) is 0 Å². The fourth-order valence-corrected chi connectivity index (χ4v) is 1.88. The summed E-state index contributed by atoms with van der Waals surface area (Å²) in [6, 6.07) is 8.72. The first-order valence-corrected chi connectivity index (χ1v) is 6.27. The van der Waals surface area contributed by atoms with Gasteiger partial charge in [0, 0.05) is 24.0 Å². The Morgan fingerprint density at radius 1 is 1.12 bits per heavy atom. The minimum absolute atomic E-state index is 0.542. The van der Waals surface area contributed by atoms with Gasteiger partial charge < -0.3 is 10.6 Å². The normalized spacial score (nSPS) is 10.8. The fourth-order valence-electron chi connectivity index (χ4n) is 1.88. The first-order chi connectivity index (χ1) is 7.65. The largest absolute Gasteiger partial charge is 0.399 e. The summed E-state index contributed by atoms with van der Waals surface area (Å²) in [4.78, 5) is 2.44. The van der Waals surface area contributed by atoms with Crippen LogP contribution in [0.3, 0.4) is 0 Å². The van der Waals surface area contributed by atoms with Crippen LogP contribution in [0, 0.1) is 0 Å². The van der Waals surface area contributed by atoms with Gasteiger partial charge >= 0.3 is 0 Å². The molecule has 1 aromatic carbocycles. The molecule has 0 bridgehead atoms. The Morgan fingerprint density at radius 2 is 1.75 bits per heavy atom. The highest BCUT2D eigenvalue weighted by Gasteiger charge is 2.09. The summed E-state index contributed by atoms with van der Waals surface area (Å²) < 4.78 is 0. The lowest BCUT2D eigenvalue weighted by atomic mass is 10.2. The molecule has 2 N–H and O–H groups in total. The summed E-state index contributed by atoms with van der Waals surface area (Å²) in [5.74, 6) is 0. The highest BCUT2D eigenvalue weighted by Crippen LogP contribution is 2.19. The molecule has 0 amide bonds. The van der Waals surface area contributed by atoms with Crippen molar-refractivity contribution in [2.75, 3.05) is 17.2 Å². The number of nitrogen functional groups attached to an aromatic ring is 1. The summed E-state index contributed by atoms with van der Waals surface area (Å²) in [6.07, 6.45) is 3.84. The molecule has 1 aromatic rings. The second kappa shape index (κ2) is 6.41. The maximum absolute atomic E-state index is 5.71. The Labute approximate surface area is 99.5 Å². The Morgan fingerprint density at radius 3 is 2.25 bits per heavy atom. The maximum atomic E-state index is 5.71. The van der Waals surface area contributed by atoms with Crippen LogP contribution < -0.4 is 10.6 Å². The molecule has 2 nitrogen and oxygen atoms in total. The molecule has 1 rings (SSSR count). The number of unbranched alkanes of at least 4 members (excludes halogenated alkanes) is 2. The van der Waals surface area contributed by atoms with E-state index in [1.54, 1.807) is 0 Å². The molecule has 0 radical (unpaired) electrons. The van der Waals surface area contributed by atoms with Crippen LogP contribution in [0.15, 0.2) is 24.3 Å². The molecule has 90 valence electrons. The average Bonchev–Trinajstić information content (AvgIpc) is 2.26. The molecule has 0 spiro atoms. The van der Waals surface area contributed by atoms with E-state index in [1.165, 1.54) is 24.9 Å². The van der Waals surface area contributed by atoms with Crippen LogP contribution in [-0.4, -0.2) is 12.6 Å². The quantitative estimate of drug-likeness (QED) is 0.585. The van der Waals surface area contributed by atoms with Crippen molar-refractivity contribution in [3.05, 3.63) is 24.3 Å². The van der Waals surface area contributed by atoms with Crippen molar-refractivity contribution in [2.45, 2.75) is 46.1 Å². The SMILES string of the molecule is CCCCCN(c1ccc(N)cc1)C(C)C. The zero-order valence-electron chi connectivity index (χ0n) is 10.7. The summed E-state index contributed by atoms with van der Waals surface area (Å²) in [7, 11) is 0. The Bertz CT molecular complexity index is 290. The van der Waals surface area contributed by atoms with Gasteiger partial charge in [0.25, 0.3) is 0 Å². The number of rotatable bonds is 6. The predicted octanol–water partition coefficient (Wildman–Crippen LogP) is 3.67. The van der Waals surface area contributed by atoms with E-state index in [9.17, 15) is 0 Å². The van der Waals surface area contributed by atoms with Crippen LogP contribution in [0.1, 0.15) is 40.0 Å². The molecule has 0 aliphatic rings. The molecule has 0 saturated heterocycles. The van der Waals surface area contributed by atoms with Gasteiger partial charge in [0.1, 0.15) is 0 Å². The van der Waals surface area contributed by atoms with E-state index in [2.05, 4.69) is 37.8 Å². The number of nitrogens with two attached hydrogens (primary N) is 1. The molecule has 16 heavy (non-hydrogen) atoms. The van der Waals surface area contributed by atoms with Crippen molar-refractivity contribution in [1.82, 2.24) is 0 Å². The third-order valence-corrected chi connectivity index (χ3v) is 2.85. The smallest absolute Gasteiger partial charge is 0.0370 e. The first-order valence-electron chi connectivity index (χ1n) is 6.27. The molecule has 0 aliphatic carbocycles. The predicted molar refractivity (Wildman–Crippen MR) is 72.9 cm³/mol. The van der Waals surface area contributed by atoms with E-state index >= 15 is 0 Å². The lowest BCUT2D eigenvalue weighted by Crippen LogP contribution is -2.31. The van der Waals surface area contributed by atoms with Gasteiger partial charge in [-0.1, -0.05) is 19.8 Å². The summed E-state index contributed by atoms with van der Waals surface area (Å²) in [5, 5.41) is 0. The molecule has 2 heteroatoms. The van der Waals surface area contributed by atoms with E-state index in [0.717, 1.165) is 12.2 Å². The van der Waals surface area contributed by atoms with Crippen molar-refractivity contribution in [1.29, 1.82) is 0 Å². The molecular formula is C14H24N2. The Kier molecular flexibility index (Phi) is 5.17.